The maximum atomic E-state index is 12.1. The molecule has 2 aromatic rings. The van der Waals surface area contributed by atoms with E-state index in [-0.39, 0.29) is 5.78 Å². The SMILES string of the molecule is Cc1cc(C(=O)C(C)Cl)c(C)n1-c1ccc(Br)cc1. The molecule has 4 heteroatoms. The Hall–Kier alpha value is -1.06. The number of hydrogen-bond acceptors (Lipinski definition) is 1. The quantitative estimate of drug-likeness (QED) is 0.588. The minimum absolute atomic E-state index is 0.0295. The number of Topliss-reactive ketones (excluding diaryl/α,β-unsaturated/α-hetero) is 1. The van der Waals surface area contributed by atoms with Gasteiger partial charge in [-0.15, -0.1) is 11.6 Å². The zero-order chi connectivity index (χ0) is 14.2. The van der Waals surface area contributed by atoms with E-state index in [4.69, 9.17) is 11.6 Å². The van der Waals surface area contributed by atoms with Crippen LogP contribution in [0.3, 0.4) is 0 Å². The molecule has 0 fully saturated rings. The zero-order valence-corrected chi connectivity index (χ0v) is 13.4. The summed E-state index contributed by atoms with van der Waals surface area (Å²) in [6, 6.07) is 9.91. The highest BCUT2D eigenvalue weighted by Gasteiger charge is 2.19. The van der Waals surface area contributed by atoms with Gasteiger partial charge in [-0.2, -0.15) is 0 Å². The van der Waals surface area contributed by atoms with Gasteiger partial charge >= 0.3 is 0 Å². The Balaban J connectivity index is 2.54. The van der Waals surface area contributed by atoms with Crippen molar-refractivity contribution in [3.8, 4) is 5.69 Å². The number of aromatic nitrogens is 1. The Bertz CT molecular complexity index is 614. The molecule has 0 aliphatic carbocycles. The number of alkyl halides is 1. The zero-order valence-electron chi connectivity index (χ0n) is 11.1. The van der Waals surface area contributed by atoms with Gasteiger partial charge in [0.15, 0.2) is 5.78 Å². The fraction of sp³-hybridized carbons (Fsp3) is 0.267. The Kier molecular flexibility index (Phi) is 4.16. The molecular weight excluding hydrogens is 326 g/mol. The molecule has 19 heavy (non-hydrogen) atoms. The van der Waals surface area contributed by atoms with Crippen molar-refractivity contribution in [1.29, 1.82) is 0 Å². The second kappa shape index (κ2) is 5.51. The molecule has 100 valence electrons. The van der Waals surface area contributed by atoms with Gasteiger partial charge in [-0.3, -0.25) is 4.79 Å². The monoisotopic (exact) mass is 339 g/mol. The fourth-order valence-corrected chi connectivity index (χ4v) is 2.60. The highest BCUT2D eigenvalue weighted by Crippen LogP contribution is 2.23. The number of carbonyl (C=O) groups is 1. The summed E-state index contributed by atoms with van der Waals surface area (Å²) in [5.74, 6) is -0.0295. The number of nitrogens with zero attached hydrogens (tertiary/aromatic N) is 1. The van der Waals surface area contributed by atoms with E-state index in [1.165, 1.54) is 0 Å². The largest absolute Gasteiger partial charge is 0.318 e. The lowest BCUT2D eigenvalue weighted by Gasteiger charge is -2.10. The number of carbonyl (C=O) groups excluding carboxylic acids is 1. The van der Waals surface area contributed by atoms with Crippen molar-refractivity contribution in [2.45, 2.75) is 26.1 Å². The topological polar surface area (TPSA) is 22.0 Å². The number of hydrogen-bond donors (Lipinski definition) is 0. The van der Waals surface area contributed by atoms with E-state index in [0.29, 0.717) is 5.56 Å². The molecule has 1 aromatic carbocycles. The van der Waals surface area contributed by atoms with E-state index in [2.05, 4.69) is 20.5 Å². The molecule has 1 heterocycles. The van der Waals surface area contributed by atoms with Crippen molar-refractivity contribution in [2.24, 2.45) is 0 Å². The van der Waals surface area contributed by atoms with Gasteiger partial charge < -0.3 is 4.57 Å². The van der Waals surface area contributed by atoms with Crippen molar-refractivity contribution in [1.82, 2.24) is 4.57 Å². The van der Waals surface area contributed by atoms with Crippen LogP contribution in [0.5, 0.6) is 0 Å². The maximum Gasteiger partial charge on any atom is 0.182 e. The fourth-order valence-electron chi connectivity index (χ4n) is 2.21. The lowest BCUT2D eigenvalue weighted by atomic mass is 10.1. The van der Waals surface area contributed by atoms with Crippen LogP contribution >= 0.6 is 27.5 Å². The molecule has 0 amide bonds. The predicted octanol–water partition coefficient (Wildman–Crippen LogP) is 4.67. The van der Waals surface area contributed by atoms with Crippen molar-refractivity contribution in [2.75, 3.05) is 0 Å². The molecule has 0 spiro atoms. The van der Waals surface area contributed by atoms with Crippen LogP contribution in [0.15, 0.2) is 34.8 Å². The van der Waals surface area contributed by atoms with Crippen LogP contribution in [0.1, 0.15) is 28.7 Å². The summed E-state index contributed by atoms with van der Waals surface area (Å²) >= 11 is 9.32. The van der Waals surface area contributed by atoms with Crippen LogP contribution in [-0.2, 0) is 0 Å². The molecular formula is C15H15BrClNO. The average molecular weight is 341 g/mol. The summed E-state index contributed by atoms with van der Waals surface area (Å²) in [5.41, 5.74) is 3.69. The smallest absolute Gasteiger partial charge is 0.182 e. The third kappa shape index (κ3) is 2.77. The first kappa shape index (κ1) is 14.4. The number of rotatable bonds is 3. The Morgan fingerprint density at radius 1 is 1.26 bits per heavy atom. The van der Waals surface area contributed by atoms with Gasteiger partial charge in [0, 0.05) is 27.1 Å². The first-order chi connectivity index (χ1) is 8.91. The van der Waals surface area contributed by atoms with Gasteiger partial charge in [0.05, 0.1) is 5.38 Å². The number of benzene rings is 1. The third-order valence-corrected chi connectivity index (χ3v) is 3.87. The van der Waals surface area contributed by atoms with Crippen LogP contribution in [0, 0.1) is 13.8 Å². The Morgan fingerprint density at radius 3 is 2.37 bits per heavy atom. The molecule has 2 nitrogen and oxygen atoms in total. The minimum Gasteiger partial charge on any atom is -0.318 e. The first-order valence-corrected chi connectivity index (χ1v) is 7.28. The Labute approximate surface area is 126 Å². The van der Waals surface area contributed by atoms with E-state index in [1.54, 1.807) is 6.92 Å². The summed E-state index contributed by atoms with van der Waals surface area (Å²) in [7, 11) is 0. The third-order valence-electron chi connectivity index (χ3n) is 3.14. The van der Waals surface area contributed by atoms with E-state index in [0.717, 1.165) is 21.5 Å². The predicted molar refractivity (Wildman–Crippen MR) is 82.6 cm³/mol. The summed E-state index contributed by atoms with van der Waals surface area (Å²) < 4.78 is 3.10. The van der Waals surface area contributed by atoms with Gasteiger partial charge in [-0.1, -0.05) is 15.9 Å². The van der Waals surface area contributed by atoms with Crippen LogP contribution < -0.4 is 0 Å². The van der Waals surface area contributed by atoms with Gasteiger partial charge in [-0.25, -0.2) is 0 Å². The van der Waals surface area contributed by atoms with Gasteiger partial charge in [0.1, 0.15) is 0 Å². The normalized spacial score (nSPS) is 12.5. The van der Waals surface area contributed by atoms with Gasteiger partial charge in [0.25, 0.3) is 0 Å². The second-order valence-electron chi connectivity index (χ2n) is 4.58. The highest BCUT2D eigenvalue weighted by atomic mass is 79.9. The van der Waals surface area contributed by atoms with Crippen molar-refractivity contribution in [3.63, 3.8) is 0 Å². The lowest BCUT2D eigenvalue weighted by Crippen LogP contribution is -2.11. The van der Waals surface area contributed by atoms with Gasteiger partial charge in [0.2, 0.25) is 0 Å². The summed E-state index contributed by atoms with van der Waals surface area (Å²) in [4.78, 5) is 12.1. The van der Waals surface area contributed by atoms with Crippen LogP contribution in [0.4, 0.5) is 0 Å². The van der Waals surface area contributed by atoms with Gasteiger partial charge in [-0.05, 0) is 51.1 Å². The molecule has 2 rings (SSSR count). The summed E-state index contributed by atoms with van der Waals surface area (Å²) in [5, 5.41) is -0.501. The molecule has 0 N–H and O–H groups in total. The van der Waals surface area contributed by atoms with Crippen molar-refractivity contribution >= 4 is 33.3 Å². The highest BCUT2D eigenvalue weighted by molar-refractivity contribution is 9.10. The molecule has 0 radical (unpaired) electrons. The second-order valence-corrected chi connectivity index (χ2v) is 6.15. The molecule has 0 aliphatic heterocycles. The first-order valence-electron chi connectivity index (χ1n) is 6.05. The van der Waals surface area contributed by atoms with E-state index in [9.17, 15) is 4.79 Å². The van der Waals surface area contributed by atoms with E-state index < -0.39 is 5.38 Å². The summed E-state index contributed by atoms with van der Waals surface area (Å²) in [6.45, 7) is 5.64. The molecule has 0 bridgehead atoms. The number of aryl methyl sites for hydroxylation is 1. The number of halogens is 2. The van der Waals surface area contributed by atoms with Crippen molar-refractivity contribution < 1.29 is 4.79 Å². The molecule has 1 unspecified atom stereocenters. The Morgan fingerprint density at radius 2 is 1.84 bits per heavy atom. The minimum atomic E-state index is -0.501. The molecule has 1 aromatic heterocycles. The van der Waals surface area contributed by atoms with Crippen LogP contribution in [-0.4, -0.2) is 15.7 Å². The molecule has 0 aliphatic rings. The molecule has 0 saturated heterocycles. The maximum absolute atomic E-state index is 12.1. The summed E-state index contributed by atoms with van der Waals surface area (Å²) in [6.07, 6.45) is 0. The van der Waals surface area contributed by atoms with E-state index in [1.807, 2.05) is 44.2 Å². The lowest BCUT2D eigenvalue weighted by molar-refractivity contribution is 0.0991. The van der Waals surface area contributed by atoms with Crippen molar-refractivity contribution in [3.05, 3.63) is 51.8 Å². The average Bonchev–Trinajstić information content (AvgIpc) is 2.65. The van der Waals surface area contributed by atoms with E-state index >= 15 is 0 Å². The number of ketones is 1. The molecule has 1 atom stereocenters. The van der Waals surface area contributed by atoms with Crippen LogP contribution in [0.2, 0.25) is 0 Å². The molecule has 0 saturated carbocycles. The van der Waals surface area contributed by atoms with Crippen LogP contribution in [0.25, 0.3) is 5.69 Å². The standard InChI is InChI=1S/C15H15BrClNO/c1-9-8-14(15(19)10(2)17)11(3)18(9)13-6-4-12(16)5-7-13/h4-8,10H,1-3H3.